The van der Waals surface area contributed by atoms with Crippen molar-refractivity contribution >= 4 is 27.8 Å². The number of nitrogens with one attached hydrogen (secondary N) is 1. The summed E-state index contributed by atoms with van der Waals surface area (Å²) < 4.78 is 22.2. The number of halogens is 1. The van der Waals surface area contributed by atoms with Crippen LogP contribution in [0.25, 0.3) is 33.0 Å². The van der Waals surface area contributed by atoms with E-state index in [1.807, 2.05) is 13.0 Å². The first-order valence-electron chi connectivity index (χ1n) is 10.1. The van der Waals surface area contributed by atoms with Crippen LogP contribution in [-0.4, -0.2) is 20.6 Å². The first kappa shape index (κ1) is 19.8. The van der Waals surface area contributed by atoms with E-state index in [0.717, 1.165) is 10.9 Å². The summed E-state index contributed by atoms with van der Waals surface area (Å²) in [5, 5.41) is 11.6. The number of hydrogen-bond acceptors (Lipinski definition) is 3. The number of aryl methyl sites for hydroxylation is 2. The van der Waals surface area contributed by atoms with Gasteiger partial charge in [-0.1, -0.05) is 18.2 Å². The van der Waals surface area contributed by atoms with E-state index in [-0.39, 0.29) is 29.2 Å². The van der Waals surface area contributed by atoms with E-state index in [1.54, 1.807) is 49.6 Å². The van der Waals surface area contributed by atoms with E-state index in [1.165, 1.54) is 10.8 Å². The van der Waals surface area contributed by atoms with Gasteiger partial charge in [0.25, 0.3) is 5.56 Å². The first-order chi connectivity index (χ1) is 15.4. The number of furan rings is 1. The quantitative estimate of drug-likeness (QED) is 0.408. The van der Waals surface area contributed by atoms with Crippen molar-refractivity contribution < 1.29 is 18.7 Å². The molecule has 2 aromatic carbocycles. The van der Waals surface area contributed by atoms with Crippen molar-refractivity contribution in [3.8, 4) is 11.1 Å². The number of carboxylic acid groups (broad SMARTS) is 1. The summed E-state index contributed by atoms with van der Waals surface area (Å²) in [6.45, 7) is 3.54. The minimum absolute atomic E-state index is 0.0123. The van der Waals surface area contributed by atoms with Gasteiger partial charge in [-0.3, -0.25) is 4.79 Å². The Labute approximate surface area is 181 Å². The summed E-state index contributed by atoms with van der Waals surface area (Å²) in [6, 6.07) is 11.9. The standard InChI is InChI=1S/C25H19FN2O4/c1-13-5-3-6-15(21(13)26)11-28-18-9-8-16-14(2)12-32-23(16)20(18)19(22(28)25(30)31)17-7-4-10-27-24(17)29/h3-10,12H,11H2,1-2H3,(H,27,29)(H,30,31). The number of aromatic nitrogens is 2. The van der Waals surface area contributed by atoms with Crippen LogP contribution in [0.3, 0.4) is 0 Å². The highest BCUT2D eigenvalue weighted by molar-refractivity contribution is 6.17. The highest BCUT2D eigenvalue weighted by Gasteiger charge is 2.28. The Morgan fingerprint density at radius 2 is 1.94 bits per heavy atom. The Morgan fingerprint density at radius 1 is 1.12 bits per heavy atom. The topological polar surface area (TPSA) is 88.2 Å². The maximum absolute atomic E-state index is 14.8. The third-order valence-electron chi connectivity index (χ3n) is 5.85. The van der Waals surface area contributed by atoms with Crippen LogP contribution in [-0.2, 0) is 6.54 Å². The molecule has 32 heavy (non-hydrogen) atoms. The minimum Gasteiger partial charge on any atom is -0.477 e. The Bertz CT molecular complexity index is 1590. The third-order valence-corrected chi connectivity index (χ3v) is 5.85. The van der Waals surface area contributed by atoms with Crippen LogP contribution in [0.2, 0.25) is 0 Å². The molecule has 0 aliphatic carbocycles. The number of benzene rings is 2. The molecule has 0 bridgehead atoms. The van der Waals surface area contributed by atoms with Crippen LogP contribution < -0.4 is 5.56 Å². The number of nitrogens with zero attached hydrogens (tertiary/aromatic N) is 1. The lowest BCUT2D eigenvalue weighted by atomic mass is 10.0. The van der Waals surface area contributed by atoms with Crippen molar-refractivity contribution in [3.63, 3.8) is 0 Å². The molecule has 0 atom stereocenters. The molecule has 0 spiro atoms. The average Bonchev–Trinajstić information content (AvgIpc) is 3.30. The number of rotatable bonds is 4. The SMILES string of the molecule is Cc1cccc(Cn2c(C(=O)O)c(-c3ccc[nH]c3=O)c3c4occ(C)c4ccc32)c1F. The maximum Gasteiger partial charge on any atom is 0.353 e. The Kier molecular flexibility index (Phi) is 4.48. The lowest BCUT2D eigenvalue weighted by molar-refractivity contribution is 0.0687. The molecule has 0 saturated heterocycles. The zero-order chi connectivity index (χ0) is 22.6. The molecule has 0 radical (unpaired) electrons. The van der Waals surface area contributed by atoms with Crippen LogP contribution >= 0.6 is 0 Å². The molecular formula is C25H19FN2O4. The van der Waals surface area contributed by atoms with Gasteiger partial charge in [0.05, 0.1) is 29.3 Å². The molecule has 0 fully saturated rings. The fourth-order valence-corrected chi connectivity index (χ4v) is 4.32. The lowest BCUT2D eigenvalue weighted by Gasteiger charge is -2.11. The smallest absolute Gasteiger partial charge is 0.353 e. The summed E-state index contributed by atoms with van der Waals surface area (Å²) in [6.07, 6.45) is 3.08. The van der Waals surface area contributed by atoms with Crippen LogP contribution in [0, 0.1) is 19.7 Å². The predicted octanol–water partition coefficient (Wildman–Crippen LogP) is 5.25. The van der Waals surface area contributed by atoms with Gasteiger partial charge in [-0.2, -0.15) is 0 Å². The number of carbonyl (C=O) groups is 1. The van der Waals surface area contributed by atoms with Gasteiger partial charge in [0.15, 0.2) is 0 Å². The molecule has 3 heterocycles. The third kappa shape index (κ3) is 2.85. The van der Waals surface area contributed by atoms with Crippen molar-refractivity contribution in [2.45, 2.75) is 20.4 Å². The molecule has 5 rings (SSSR count). The van der Waals surface area contributed by atoms with E-state index >= 15 is 0 Å². The summed E-state index contributed by atoms with van der Waals surface area (Å²) in [5.41, 5.74) is 2.70. The maximum atomic E-state index is 14.8. The molecule has 0 amide bonds. The fraction of sp³-hybridized carbons (Fsp3) is 0.120. The van der Waals surface area contributed by atoms with Gasteiger partial charge < -0.3 is 19.1 Å². The van der Waals surface area contributed by atoms with E-state index in [4.69, 9.17) is 4.42 Å². The van der Waals surface area contributed by atoms with Crippen molar-refractivity contribution in [1.29, 1.82) is 0 Å². The molecule has 0 unspecified atom stereocenters. The van der Waals surface area contributed by atoms with Gasteiger partial charge in [0.1, 0.15) is 17.1 Å². The average molecular weight is 430 g/mol. The summed E-state index contributed by atoms with van der Waals surface area (Å²) in [4.78, 5) is 27.8. The van der Waals surface area contributed by atoms with Gasteiger partial charge in [0.2, 0.25) is 0 Å². The first-order valence-corrected chi connectivity index (χ1v) is 10.1. The molecule has 0 aliphatic heterocycles. The Morgan fingerprint density at radius 3 is 2.69 bits per heavy atom. The Balaban J connectivity index is 1.95. The van der Waals surface area contributed by atoms with Crippen molar-refractivity contribution in [2.75, 3.05) is 0 Å². The number of H-pyrrole nitrogens is 1. The van der Waals surface area contributed by atoms with Gasteiger partial charge >= 0.3 is 5.97 Å². The summed E-state index contributed by atoms with van der Waals surface area (Å²) >= 11 is 0. The van der Waals surface area contributed by atoms with E-state index < -0.39 is 11.5 Å². The van der Waals surface area contributed by atoms with Crippen LogP contribution in [0.15, 0.2) is 64.1 Å². The number of carboxylic acids is 1. The summed E-state index contributed by atoms with van der Waals surface area (Å²) in [5.74, 6) is -1.61. The number of aromatic amines is 1. The van der Waals surface area contributed by atoms with Crippen molar-refractivity contribution in [3.05, 3.63) is 93.5 Å². The molecule has 0 aliphatic rings. The van der Waals surface area contributed by atoms with Crippen molar-refractivity contribution in [2.24, 2.45) is 0 Å². The molecule has 160 valence electrons. The number of aromatic carboxylic acids is 1. The van der Waals surface area contributed by atoms with Crippen LogP contribution in [0.1, 0.15) is 27.2 Å². The molecule has 3 aromatic heterocycles. The van der Waals surface area contributed by atoms with Crippen LogP contribution in [0.5, 0.6) is 0 Å². The van der Waals surface area contributed by atoms with Crippen molar-refractivity contribution in [1.82, 2.24) is 9.55 Å². The molecule has 6 nitrogen and oxygen atoms in total. The lowest BCUT2D eigenvalue weighted by Crippen LogP contribution is -2.14. The number of hydrogen-bond donors (Lipinski definition) is 2. The normalized spacial score (nSPS) is 11.5. The molecule has 0 saturated carbocycles. The minimum atomic E-state index is -1.22. The second-order valence-electron chi connectivity index (χ2n) is 7.83. The fourth-order valence-electron chi connectivity index (χ4n) is 4.32. The van der Waals surface area contributed by atoms with Gasteiger partial charge in [-0.05, 0) is 49.2 Å². The molecular weight excluding hydrogens is 411 g/mol. The highest BCUT2D eigenvalue weighted by Crippen LogP contribution is 2.40. The molecule has 2 N–H and O–H groups in total. The molecule has 7 heteroatoms. The zero-order valence-electron chi connectivity index (χ0n) is 17.4. The number of fused-ring (bicyclic) bond motifs is 3. The van der Waals surface area contributed by atoms with E-state index in [0.29, 0.717) is 27.6 Å². The van der Waals surface area contributed by atoms with Gasteiger partial charge in [0, 0.05) is 22.7 Å². The van der Waals surface area contributed by atoms with E-state index in [2.05, 4.69) is 4.98 Å². The molecule has 5 aromatic rings. The largest absolute Gasteiger partial charge is 0.477 e. The number of pyridine rings is 1. The monoisotopic (exact) mass is 430 g/mol. The van der Waals surface area contributed by atoms with E-state index in [9.17, 15) is 19.1 Å². The second-order valence-corrected chi connectivity index (χ2v) is 7.83. The highest BCUT2D eigenvalue weighted by atomic mass is 19.1. The summed E-state index contributed by atoms with van der Waals surface area (Å²) in [7, 11) is 0. The predicted molar refractivity (Wildman–Crippen MR) is 120 cm³/mol. The second kappa shape index (κ2) is 7.23. The van der Waals surface area contributed by atoms with Crippen LogP contribution in [0.4, 0.5) is 4.39 Å². The van der Waals surface area contributed by atoms with Gasteiger partial charge in [-0.15, -0.1) is 0 Å². The zero-order valence-corrected chi connectivity index (χ0v) is 17.4. The van der Waals surface area contributed by atoms with Gasteiger partial charge in [-0.25, -0.2) is 9.18 Å². The Hall–Kier alpha value is -4.13.